The highest BCUT2D eigenvalue weighted by Gasteiger charge is 2.46. The van der Waals surface area contributed by atoms with Gasteiger partial charge in [0.2, 0.25) is 0 Å². The fourth-order valence-electron chi connectivity index (χ4n) is 6.22. The van der Waals surface area contributed by atoms with Crippen LogP contribution >= 0.6 is 0 Å². The molecule has 3 atom stereocenters. The predicted molar refractivity (Wildman–Crippen MR) is 163 cm³/mol. The number of ether oxygens (including phenoxy) is 4. The minimum Gasteiger partial charge on any atom is -0.493 e. The summed E-state index contributed by atoms with van der Waals surface area (Å²) in [5.74, 6) is 0.680. The van der Waals surface area contributed by atoms with Gasteiger partial charge in [-0.05, 0) is 25.0 Å². The number of carbonyl (C=O) groups is 3. The Morgan fingerprint density at radius 2 is 1.49 bits per heavy atom. The maximum atomic E-state index is 13.4. The number of carboxylic acid groups (broad SMARTS) is 1. The van der Waals surface area contributed by atoms with Crippen molar-refractivity contribution in [2.24, 2.45) is 4.99 Å². The highest BCUT2D eigenvalue weighted by Crippen LogP contribution is 2.42. The fourth-order valence-corrected chi connectivity index (χ4v) is 6.22. The number of benzene rings is 2. The van der Waals surface area contributed by atoms with Crippen LogP contribution in [0.5, 0.6) is 23.0 Å². The van der Waals surface area contributed by atoms with Crippen molar-refractivity contribution in [3.05, 3.63) is 59.7 Å². The van der Waals surface area contributed by atoms with E-state index in [0.717, 1.165) is 16.0 Å². The van der Waals surface area contributed by atoms with Gasteiger partial charge in [-0.3, -0.25) is 14.6 Å². The first-order chi connectivity index (χ1) is 21.6. The van der Waals surface area contributed by atoms with Gasteiger partial charge >= 0.3 is 6.09 Å². The van der Waals surface area contributed by atoms with Gasteiger partial charge < -0.3 is 39.0 Å². The van der Waals surface area contributed by atoms with E-state index in [4.69, 9.17) is 18.9 Å². The van der Waals surface area contributed by atoms with Gasteiger partial charge in [0.25, 0.3) is 11.8 Å². The number of hydrogen-bond donors (Lipinski definition) is 2. The maximum absolute atomic E-state index is 13.4. The van der Waals surface area contributed by atoms with Gasteiger partial charge in [0.1, 0.15) is 0 Å². The van der Waals surface area contributed by atoms with Gasteiger partial charge in [-0.25, -0.2) is 9.69 Å². The average molecular weight is 619 g/mol. The summed E-state index contributed by atoms with van der Waals surface area (Å²) in [6.45, 7) is 9.00. The topological polar surface area (TPSA) is 151 Å². The smallest absolute Gasteiger partial charge is 0.414 e. The molecule has 0 aromatic heterocycles. The molecule has 45 heavy (non-hydrogen) atoms. The van der Waals surface area contributed by atoms with Crippen LogP contribution in [0.1, 0.15) is 40.0 Å². The Morgan fingerprint density at radius 1 is 0.889 bits per heavy atom. The molecular weight excluding hydrogens is 584 g/mol. The van der Waals surface area contributed by atoms with Crippen LogP contribution in [0, 0.1) is 0 Å². The summed E-state index contributed by atoms with van der Waals surface area (Å²) in [6, 6.07) is 5.25. The first-order valence-electron chi connectivity index (χ1n) is 14.5. The van der Waals surface area contributed by atoms with Crippen molar-refractivity contribution in [2.75, 3.05) is 45.4 Å². The van der Waals surface area contributed by atoms with Crippen molar-refractivity contribution >= 4 is 35.5 Å². The van der Waals surface area contributed by atoms with E-state index in [0.29, 0.717) is 42.1 Å². The van der Waals surface area contributed by atoms with E-state index in [2.05, 4.69) is 18.2 Å². The van der Waals surface area contributed by atoms with E-state index in [-0.39, 0.29) is 60.9 Å². The van der Waals surface area contributed by atoms with Gasteiger partial charge in [-0.2, -0.15) is 0 Å². The molecule has 13 heteroatoms. The summed E-state index contributed by atoms with van der Waals surface area (Å²) in [7, 11) is 2.91. The molecule has 0 saturated carbocycles. The number of aliphatic hydroxyl groups excluding tert-OH is 1. The quantitative estimate of drug-likeness (QED) is 0.334. The minimum atomic E-state index is -1.49. The molecule has 2 N–H and O–H groups in total. The Hall–Kier alpha value is -5.04. The van der Waals surface area contributed by atoms with Gasteiger partial charge in [-0.15, -0.1) is 0 Å². The maximum Gasteiger partial charge on any atom is 0.414 e. The predicted octanol–water partition coefficient (Wildman–Crippen LogP) is 3.63. The van der Waals surface area contributed by atoms with Crippen LogP contribution in [0.2, 0.25) is 0 Å². The summed E-state index contributed by atoms with van der Waals surface area (Å²) in [6.07, 6.45) is 0.235. The highest BCUT2D eigenvalue weighted by atomic mass is 16.5. The second-order valence-corrected chi connectivity index (χ2v) is 11.3. The number of fused-ring (bicyclic) bond motifs is 4. The van der Waals surface area contributed by atoms with Gasteiger partial charge in [0, 0.05) is 37.9 Å². The minimum absolute atomic E-state index is 0.00154. The second-order valence-electron chi connectivity index (χ2n) is 11.3. The summed E-state index contributed by atoms with van der Waals surface area (Å²) in [5, 5.41) is 21.0. The lowest BCUT2D eigenvalue weighted by Gasteiger charge is -2.30. The highest BCUT2D eigenvalue weighted by molar-refractivity contribution is 6.06. The molecule has 2 fully saturated rings. The Morgan fingerprint density at radius 3 is 2.16 bits per heavy atom. The lowest BCUT2D eigenvalue weighted by Crippen LogP contribution is -2.50. The SMILES string of the molecule is C=C1CC2C(O)N(C(=O)O)c3cc(OCCCOc4cc5c(cc4OC)C(=O)N4CC(=C)C[C@H]4C=N5)c(OC)cc3C(=O)N2C1. The summed E-state index contributed by atoms with van der Waals surface area (Å²) in [5.41, 5.74) is 2.71. The lowest BCUT2D eigenvalue weighted by molar-refractivity contribution is 0.0511. The molecule has 2 saturated heterocycles. The van der Waals surface area contributed by atoms with Crippen LogP contribution < -0.4 is 23.8 Å². The normalized spacial score (nSPS) is 21.9. The van der Waals surface area contributed by atoms with Crippen LogP contribution in [-0.2, 0) is 0 Å². The van der Waals surface area contributed by atoms with E-state index in [9.17, 15) is 24.6 Å². The number of carbonyl (C=O) groups excluding carboxylic acids is 2. The number of nitrogens with zero attached hydrogens (tertiary/aromatic N) is 4. The molecule has 236 valence electrons. The number of aliphatic imine (C=N–C) groups is 1. The van der Waals surface area contributed by atoms with Crippen molar-refractivity contribution in [3.63, 3.8) is 0 Å². The van der Waals surface area contributed by atoms with Crippen molar-refractivity contribution in [1.29, 1.82) is 0 Å². The van der Waals surface area contributed by atoms with Gasteiger partial charge in [-0.1, -0.05) is 24.3 Å². The van der Waals surface area contributed by atoms with E-state index in [1.807, 2.05) is 0 Å². The molecule has 4 aliphatic rings. The number of methoxy groups -OCH3 is 2. The van der Waals surface area contributed by atoms with E-state index in [1.54, 1.807) is 23.2 Å². The zero-order valence-corrected chi connectivity index (χ0v) is 25.0. The molecule has 0 bridgehead atoms. The Bertz CT molecular complexity index is 1640. The zero-order chi connectivity index (χ0) is 32.0. The molecule has 3 amide bonds. The van der Waals surface area contributed by atoms with Crippen LogP contribution in [0.25, 0.3) is 0 Å². The van der Waals surface area contributed by atoms with Crippen LogP contribution in [0.15, 0.2) is 53.6 Å². The number of anilines is 1. The van der Waals surface area contributed by atoms with E-state index < -0.39 is 24.3 Å². The van der Waals surface area contributed by atoms with E-state index >= 15 is 0 Å². The van der Waals surface area contributed by atoms with Gasteiger partial charge in [0.15, 0.2) is 29.2 Å². The van der Waals surface area contributed by atoms with Crippen molar-refractivity contribution in [3.8, 4) is 23.0 Å². The molecule has 4 heterocycles. The van der Waals surface area contributed by atoms with E-state index in [1.165, 1.54) is 31.3 Å². The standard InChI is InChI=1S/C32H34N4O9/c1-17-8-19-14-33-22-12-27(25(42-3)10-20(22)29(37)34(19)15-17)44-6-5-7-45-28-13-23-21(11-26(28)43-4)30(38)35-16-18(2)9-24(35)31(39)36(23)32(40)41/h10-14,19,24,31,39H,1-2,5-9,15-16H2,3-4H3,(H,40,41)/t19-,24?,31?/m0/s1. The Labute approximate surface area is 259 Å². The first-order valence-corrected chi connectivity index (χ1v) is 14.5. The zero-order valence-electron chi connectivity index (χ0n) is 25.0. The van der Waals surface area contributed by atoms with Crippen LogP contribution in [0.4, 0.5) is 16.2 Å². The molecule has 0 spiro atoms. The third-order valence-electron chi connectivity index (χ3n) is 8.39. The molecule has 13 nitrogen and oxygen atoms in total. The lowest BCUT2D eigenvalue weighted by atomic mass is 10.1. The fraction of sp³-hybridized carbons (Fsp3) is 0.375. The molecule has 2 unspecified atom stereocenters. The number of amides is 3. The summed E-state index contributed by atoms with van der Waals surface area (Å²) >= 11 is 0. The molecule has 4 aliphatic heterocycles. The molecule has 0 radical (unpaired) electrons. The van der Waals surface area contributed by atoms with Gasteiger partial charge in [0.05, 0.1) is 62.0 Å². The molecule has 0 aliphatic carbocycles. The molecular formula is C32H34N4O9. The summed E-state index contributed by atoms with van der Waals surface area (Å²) < 4.78 is 22.9. The summed E-state index contributed by atoms with van der Waals surface area (Å²) in [4.78, 5) is 47.4. The number of aliphatic hydroxyl groups is 1. The molecule has 2 aromatic carbocycles. The third-order valence-corrected chi connectivity index (χ3v) is 8.39. The Balaban J connectivity index is 1.16. The number of rotatable bonds is 8. The first kappa shape index (κ1) is 30.0. The monoisotopic (exact) mass is 618 g/mol. The largest absolute Gasteiger partial charge is 0.493 e. The van der Waals surface area contributed by atoms with Crippen molar-refractivity contribution in [1.82, 2.24) is 9.80 Å². The molecule has 6 rings (SSSR count). The number of hydrogen-bond acceptors (Lipinski definition) is 9. The average Bonchev–Trinajstić information content (AvgIpc) is 3.55. The van der Waals surface area contributed by atoms with Crippen LogP contribution in [-0.4, -0.2) is 103 Å². The second kappa shape index (κ2) is 11.8. The van der Waals surface area contributed by atoms with Crippen molar-refractivity contribution in [2.45, 2.75) is 37.6 Å². The van der Waals surface area contributed by atoms with Crippen molar-refractivity contribution < 1.29 is 43.5 Å². The van der Waals surface area contributed by atoms with Crippen LogP contribution in [0.3, 0.4) is 0 Å². The molecule has 2 aromatic rings. The third kappa shape index (κ3) is 5.33. The Kier molecular flexibility index (Phi) is 7.87.